The van der Waals surface area contributed by atoms with Crippen LogP contribution in [-0.4, -0.2) is 23.1 Å². The van der Waals surface area contributed by atoms with Crippen molar-refractivity contribution in [2.45, 2.75) is 71.3 Å². The molecule has 0 radical (unpaired) electrons. The second kappa shape index (κ2) is 7.64. The standard InChI is InChI=1S/C26H34N2O2/c1-25-13-11-19(29)17-18(25)7-8-21-22-9-10-24(26(22,2)14-12-23(21)25)28-27-15-3-5-20-6-4-16-30-20/h3-7,15-16,19,21-23,29H,8-14,17H2,1-2H3/b5-3+,27-15-,28-24-/t19-,21+,22+,23+,25-,26-/m0/s1. The Morgan fingerprint density at radius 3 is 2.80 bits per heavy atom. The molecule has 0 unspecified atom stereocenters. The molecule has 0 spiro atoms. The Balaban J connectivity index is 1.33. The summed E-state index contributed by atoms with van der Waals surface area (Å²) in [5.41, 5.74) is 3.34. The van der Waals surface area contributed by atoms with Gasteiger partial charge in [0.15, 0.2) is 0 Å². The summed E-state index contributed by atoms with van der Waals surface area (Å²) >= 11 is 0. The maximum Gasteiger partial charge on any atom is 0.126 e. The van der Waals surface area contributed by atoms with Crippen molar-refractivity contribution in [3.63, 3.8) is 0 Å². The summed E-state index contributed by atoms with van der Waals surface area (Å²) in [5.74, 6) is 3.06. The highest BCUT2D eigenvalue weighted by atomic mass is 16.3. The van der Waals surface area contributed by atoms with E-state index in [4.69, 9.17) is 9.52 Å². The number of fused-ring (bicyclic) bond motifs is 5. The van der Waals surface area contributed by atoms with Crippen molar-refractivity contribution in [1.29, 1.82) is 0 Å². The van der Waals surface area contributed by atoms with Crippen LogP contribution >= 0.6 is 0 Å². The topological polar surface area (TPSA) is 58.1 Å². The van der Waals surface area contributed by atoms with Gasteiger partial charge in [0, 0.05) is 17.3 Å². The molecule has 1 heterocycles. The zero-order valence-corrected chi connectivity index (χ0v) is 18.3. The maximum absolute atomic E-state index is 10.2. The average molecular weight is 407 g/mol. The summed E-state index contributed by atoms with van der Waals surface area (Å²) in [6, 6.07) is 3.81. The fourth-order valence-corrected chi connectivity index (χ4v) is 7.26. The van der Waals surface area contributed by atoms with E-state index in [1.807, 2.05) is 24.3 Å². The van der Waals surface area contributed by atoms with E-state index in [0.29, 0.717) is 11.3 Å². The molecule has 160 valence electrons. The minimum atomic E-state index is -0.125. The first-order chi connectivity index (χ1) is 14.5. The van der Waals surface area contributed by atoms with E-state index in [1.165, 1.54) is 31.4 Å². The first-order valence-corrected chi connectivity index (χ1v) is 11.7. The monoisotopic (exact) mass is 406 g/mol. The Labute approximate surface area is 179 Å². The van der Waals surface area contributed by atoms with E-state index in [9.17, 15) is 5.11 Å². The van der Waals surface area contributed by atoms with Crippen molar-refractivity contribution in [3.8, 4) is 0 Å². The van der Waals surface area contributed by atoms with Gasteiger partial charge < -0.3 is 9.52 Å². The van der Waals surface area contributed by atoms with Gasteiger partial charge in [-0.2, -0.15) is 10.2 Å². The Bertz CT molecular complexity index is 896. The van der Waals surface area contributed by atoms with Crippen LogP contribution in [0.4, 0.5) is 0 Å². The molecule has 0 amide bonds. The Morgan fingerprint density at radius 2 is 1.97 bits per heavy atom. The van der Waals surface area contributed by atoms with Crippen LogP contribution in [0.15, 0.2) is 50.7 Å². The molecule has 4 nitrogen and oxygen atoms in total. The molecular weight excluding hydrogens is 372 g/mol. The molecule has 6 atom stereocenters. The highest BCUT2D eigenvalue weighted by Gasteiger charge is 2.57. The Morgan fingerprint density at radius 1 is 1.13 bits per heavy atom. The zero-order chi connectivity index (χ0) is 20.8. The molecule has 1 aromatic rings. The molecule has 1 N–H and O–H groups in total. The number of aliphatic hydroxyl groups is 1. The molecule has 3 fully saturated rings. The summed E-state index contributed by atoms with van der Waals surface area (Å²) in [6.07, 6.45) is 18.6. The first kappa shape index (κ1) is 20.0. The van der Waals surface area contributed by atoms with Crippen LogP contribution < -0.4 is 0 Å². The van der Waals surface area contributed by atoms with Crippen LogP contribution in [0.1, 0.15) is 71.0 Å². The average Bonchev–Trinajstić information content (AvgIpc) is 3.36. The van der Waals surface area contributed by atoms with Crippen molar-refractivity contribution in [3.05, 3.63) is 41.9 Å². The van der Waals surface area contributed by atoms with Crippen molar-refractivity contribution in [2.24, 2.45) is 38.8 Å². The summed E-state index contributed by atoms with van der Waals surface area (Å²) < 4.78 is 5.30. The van der Waals surface area contributed by atoms with Crippen LogP contribution in [0.3, 0.4) is 0 Å². The van der Waals surface area contributed by atoms with Crippen LogP contribution in [0.5, 0.6) is 0 Å². The summed E-state index contributed by atoms with van der Waals surface area (Å²) in [7, 11) is 0. The maximum atomic E-state index is 10.2. The molecule has 0 aliphatic heterocycles. The minimum absolute atomic E-state index is 0.125. The van der Waals surface area contributed by atoms with Gasteiger partial charge in [-0.15, -0.1) is 0 Å². The van der Waals surface area contributed by atoms with Gasteiger partial charge in [0.1, 0.15) is 5.76 Å². The smallest absolute Gasteiger partial charge is 0.126 e. The van der Waals surface area contributed by atoms with Crippen LogP contribution in [0, 0.1) is 28.6 Å². The predicted octanol–water partition coefficient (Wildman–Crippen LogP) is 6.04. The van der Waals surface area contributed by atoms with Gasteiger partial charge in [-0.25, -0.2) is 0 Å². The van der Waals surface area contributed by atoms with Crippen molar-refractivity contribution in [2.75, 3.05) is 0 Å². The van der Waals surface area contributed by atoms with E-state index >= 15 is 0 Å². The molecule has 0 aromatic carbocycles. The van der Waals surface area contributed by atoms with Gasteiger partial charge in [0.2, 0.25) is 0 Å². The molecule has 1 aromatic heterocycles. The molecule has 4 aliphatic carbocycles. The second-order valence-corrected chi connectivity index (χ2v) is 10.3. The van der Waals surface area contributed by atoms with Gasteiger partial charge in [-0.05, 0) is 98.8 Å². The predicted molar refractivity (Wildman–Crippen MR) is 121 cm³/mol. The van der Waals surface area contributed by atoms with Crippen LogP contribution in [0.2, 0.25) is 0 Å². The van der Waals surface area contributed by atoms with Gasteiger partial charge in [-0.1, -0.05) is 25.5 Å². The van der Waals surface area contributed by atoms with Gasteiger partial charge in [-0.3, -0.25) is 0 Å². The molecular formula is C26H34N2O2. The van der Waals surface area contributed by atoms with E-state index in [0.717, 1.165) is 43.3 Å². The fourth-order valence-electron chi connectivity index (χ4n) is 7.26. The second-order valence-electron chi connectivity index (χ2n) is 10.3. The molecule has 0 saturated heterocycles. The Hall–Kier alpha value is -1.94. The number of allylic oxidation sites excluding steroid dienone is 2. The molecule has 3 saturated carbocycles. The minimum Gasteiger partial charge on any atom is -0.465 e. The molecule has 4 aliphatic rings. The van der Waals surface area contributed by atoms with Crippen molar-refractivity contribution >= 4 is 18.0 Å². The lowest BCUT2D eigenvalue weighted by Gasteiger charge is -2.57. The number of furan rings is 1. The quantitative estimate of drug-likeness (QED) is 0.378. The SMILES string of the molecule is C[C@]12CC[C@H](O)CC1=CC[C@H]1[C@H]2CC[C@]2(C)\C(=N/N=C\C=C\c3ccco3)CC[C@H]12. The third-order valence-corrected chi connectivity index (χ3v) is 8.95. The third kappa shape index (κ3) is 3.24. The summed E-state index contributed by atoms with van der Waals surface area (Å²) in [5, 5.41) is 19.3. The highest BCUT2D eigenvalue weighted by molar-refractivity contribution is 5.93. The fraction of sp³-hybridized carbons (Fsp3) is 0.615. The normalized spacial score (nSPS) is 42.4. The van der Waals surface area contributed by atoms with Gasteiger partial charge >= 0.3 is 0 Å². The summed E-state index contributed by atoms with van der Waals surface area (Å²) in [4.78, 5) is 0. The lowest BCUT2D eigenvalue weighted by molar-refractivity contribution is -0.0209. The largest absolute Gasteiger partial charge is 0.465 e. The third-order valence-electron chi connectivity index (χ3n) is 8.95. The molecule has 0 bridgehead atoms. The number of nitrogens with zero attached hydrogens (tertiary/aromatic N) is 2. The van der Waals surface area contributed by atoms with Crippen molar-refractivity contribution < 1.29 is 9.52 Å². The zero-order valence-electron chi connectivity index (χ0n) is 18.3. The van der Waals surface area contributed by atoms with E-state index in [2.05, 4.69) is 25.0 Å². The Kier molecular flexibility index (Phi) is 5.09. The number of rotatable bonds is 3. The number of hydrogen-bond acceptors (Lipinski definition) is 4. The van der Waals surface area contributed by atoms with E-state index < -0.39 is 0 Å². The lowest BCUT2D eigenvalue weighted by atomic mass is 9.48. The molecule has 30 heavy (non-hydrogen) atoms. The number of hydrogen-bond donors (Lipinski definition) is 1. The lowest BCUT2D eigenvalue weighted by Crippen LogP contribution is -2.50. The first-order valence-electron chi connectivity index (χ1n) is 11.7. The van der Waals surface area contributed by atoms with E-state index in [-0.39, 0.29) is 11.5 Å². The highest BCUT2D eigenvalue weighted by Crippen LogP contribution is 2.64. The number of aliphatic hydroxyl groups excluding tert-OH is 1. The van der Waals surface area contributed by atoms with Crippen molar-refractivity contribution in [1.82, 2.24) is 0 Å². The van der Waals surface area contributed by atoms with Crippen LogP contribution in [0.25, 0.3) is 6.08 Å². The molecule has 5 rings (SSSR count). The van der Waals surface area contributed by atoms with Gasteiger partial charge in [0.25, 0.3) is 0 Å². The van der Waals surface area contributed by atoms with Gasteiger partial charge in [0.05, 0.1) is 12.4 Å². The molecule has 4 heteroatoms. The van der Waals surface area contributed by atoms with E-state index in [1.54, 1.807) is 18.1 Å². The van der Waals surface area contributed by atoms with Crippen LogP contribution in [-0.2, 0) is 0 Å². The summed E-state index contributed by atoms with van der Waals surface area (Å²) in [6.45, 7) is 4.93.